The molecule has 6 atom stereocenters. The molecule has 1 fully saturated rings. The summed E-state index contributed by atoms with van der Waals surface area (Å²) in [5.41, 5.74) is 0. The monoisotopic (exact) mass is 1030 g/mol. The lowest BCUT2D eigenvalue weighted by Gasteiger charge is -2.40. The molecule has 1 heterocycles. The SMILES string of the molecule is CC/C=C\C/C=C\C/C=C\CCCCCCCC(=O)OC1C(OCC(COC(=O)CCCCCCC/C=C\C/C=C\CCCCC)OC(=O)CCCCCCC/C=C\CCCCCC)OC(C(=O)O)C(O)C1O. The molecule has 0 bridgehead atoms. The molecule has 0 radical (unpaired) electrons. The Bertz CT molecular complexity index is 1550. The lowest BCUT2D eigenvalue weighted by atomic mass is 9.98. The Labute approximate surface area is 442 Å². The summed E-state index contributed by atoms with van der Waals surface area (Å²) in [6, 6.07) is 0. The molecule has 3 N–H and O–H groups in total. The number of carboxylic acid groups (broad SMARTS) is 1. The summed E-state index contributed by atoms with van der Waals surface area (Å²) < 4.78 is 28.4. The van der Waals surface area contributed by atoms with Crippen molar-refractivity contribution in [2.45, 2.75) is 276 Å². The lowest BCUT2D eigenvalue weighted by molar-refractivity contribution is -0.301. The quantitative estimate of drug-likeness (QED) is 0.0228. The molecule has 12 nitrogen and oxygen atoms in total. The number of esters is 3. The highest BCUT2D eigenvalue weighted by Crippen LogP contribution is 2.26. The molecule has 0 aromatic rings. The molecule has 418 valence electrons. The predicted molar refractivity (Wildman–Crippen MR) is 294 cm³/mol. The number of aliphatic hydroxyl groups is 2. The normalized spacial score (nSPS) is 18.8. The standard InChI is InChI=1S/C61H102O12/c1-4-7-10-13-16-19-22-25-27-30-32-35-38-41-44-47-53(62)69-50-52(71-54(63)48-45-42-39-36-33-29-24-21-18-15-12-9-6-3)51-70-61-59(57(66)56(65)58(73-61)60(67)68)72-55(64)49-46-43-40-37-34-31-28-26-23-20-17-14-11-8-5-2/h8,11,16-17,19-21,24-28,52,56-59,61,65-66H,4-7,9-10,12-15,18,22-23,29-51H2,1-3H3,(H,67,68)/b11-8-,19-16-,20-17-,24-21-,27-25-,28-26-. The molecule has 1 saturated heterocycles. The maximum absolute atomic E-state index is 13.1. The first-order valence-corrected chi connectivity index (χ1v) is 28.9. The van der Waals surface area contributed by atoms with Gasteiger partial charge in [-0.3, -0.25) is 14.4 Å². The second-order valence-corrected chi connectivity index (χ2v) is 19.5. The first-order valence-electron chi connectivity index (χ1n) is 28.9. The van der Waals surface area contributed by atoms with Crippen molar-refractivity contribution in [3.63, 3.8) is 0 Å². The molecule has 1 aliphatic rings. The highest BCUT2D eigenvalue weighted by atomic mass is 16.7. The summed E-state index contributed by atoms with van der Waals surface area (Å²) in [5, 5.41) is 31.4. The van der Waals surface area contributed by atoms with Gasteiger partial charge in [0.2, 0.25) is 0 Å². The predicted octanol–water partition coefficient (Wildman–Crippen LogP) is 14.6. The smallest absolute Gasteiger partial charge is 0.335 e. The number of allylic oxidation sites excluding steroid dienone is 12. The molecule has 0 aliphatic carbocycles. The van der Waals surface area contributed by atoms with Crippen LogP contribution in [0.25, 0.3) is 0 Å². The van der Waals surface area contributed by atoms with Crippen LogP contribution in [0.4, 0.5) is 0 Å². The number of aliphatic carboxylic acids is 1. The lowest BCUT2D eigenvalue weighted by Crippen LogP contribution is -2.61. The second kappa shape index (κ2) is 49.1. The van der Waals surface area contributed by atoms with Crippen LogP contribution in [-0.4, -0.2) is 89.2 Å². The number of carbonyl (C=O) groups excluding carboxylic acids is 3. The highest BCUT2D eigenvalue weighted by molar-refractivity contribution is 5.74. The maximum atomic E-state index is 13.1. The molecule has 0 saturated carbocycles. The van der Waals surface area contributed by atoms with Gasteiger partial charge in [0.05, 0.1) is 6.61 Å². The molecule has 0 aromatic carbocycles. The minimum Gasteiger partial charge on any atom is -0.479 e. The van der Waals surface area contributed by atoms with Crippen molar-refractivity contribution >= 4 is 23.9 Å². The molecule has 1 aliphatic heterocycles. The van der Waals surface area contributed by atoms with Gasteiger partial charge in [-0.1, -0.05) is 184 Å². The zero-order chi connectivity index (χ0) is 53.3. The van der Waals surface area contributed by atoms with E-state index in [0.717, 1.165) is 135 Å². The number of carbonyl (C=O) groups is 4. The van der Waals surface area contributed by atoms with Gasteiger partial charge in [-0.05, 0) is 109 Å². The number of hydrogen-bond donors (Lipinski definition) is 3. The van der Waals surface area contributed by atoms with Crippen LogP contribution < -0.4 is 0 Å². The third-order valence-corrected chi connectivity index (χ3v) is 12.7. The summed E-state index contributed by atoms with van der Waals surface area (Å²) in [4.78, 5) is 51.0. The first kappa shape index (κ1) is 67.2. The van der Waals surface area contributed by atoms with Gasteiger partial charge in [0.15, 0.2) is 24.6 Å². The van der Waals surface area contributed by atoms with Gasteiger partial charge in [-0.2, -0.15) is 0 Å². The van der Waals surface area contributed by atoms with Crippen molar-refractivity contribution in [3.8, 4) is 0 Å². The summed E-state index contributed by atoms with van der Waals surface area (Å²) in [6.07, 6.45) is 48.7. The fourth-order valence-corrected chi connectivity index (χ4v) is 8.29. The maximum Gasteiger partial charge on any atom is 0.335 e. The van der Waals surface area contributed by atoms with E-state index in [4.69, 9.17) is 23.7 Å². The number of unbranched alkanes of at least 4 members (excludes halogenated alkanes) is 22. The van der Waals surface area contributed by atoms with Gasteiger partial charge >= 0.3 is 23.9 Å². The minimum absolute atomic E-state index is 0.0369. The van der Waals surface area contributed by atoms with Gasteiger partial charge in [0.1, 0.15) is 18.8 Å². The number of carboxylic acids is 1. The van der Waals surface area contributed by atoms with E-state index >= 15 is 0 Å². The molecule has 0 amide bonds. The van der Waals surface area contributed by atoms with E-state index in [1.54, 1.807) is 0 Å². The number of ether oxygens (including phenoxy) is 5. The van der Waals surface area contributed by atoms with Crippen molar-refractivity contribution < 1.29 is 58.2 Å². The zero-order valence-electron chi connectivity index (χ0n) is 45.9. The molecule has 6 unspecified atom stereocenters. The van der Waals surface area contributed by atoms with Crippen molar-refractivity contribution in [1.29, 1.82) is 0 Å². The zero-order valence-corrected chi connectivity index (χ0v) is 45.9. The van der Waals surface area contributed by atoms with E-state index in [2.05, 4.69) is 93.7 Å². The summed E-state index contributed by atoms with van der Waals surface area (Å²) in [6.45, 7) is 5.81. The average Bonchev–Trinajstić information content (AvgIpc) is 3.37. The van der Waals surface area contributed by atoms with Crippen molar-refractivity contribution in [1.82, 2.24) is 0 Å². The fraction of sp³-hybridized carbons (Fsp3) is 0.738. The molecular weight excluding hydrogens is 925 g/mol. The molecule has 0 spiro atoms. The molecular formula is C61H102O12. The van der Waals surface area contributed by atoms with Crippen LogP contribution in [0.2, 0.25) is 0 Å². The van der Waals surface area contributed by atoms with Crippen LogP contribution in [0.3, 0.4) is 0 Å². The van der Waals surface area contributed by atoms with E-state index in [9.17, 15) is 34.5 Å². The Kier molecular flexibility index (Phi) is 45.1. The van der Waals surface area contributed by atoms with Gasteiger partial charge < -0.3 is 39.0 Å². The van der Waals surface area contributed by atoms with Crippen molar-refractivity contribution in [3.05, 3.63) is 72.9 Å². The van der Waals surface area contributed by atoms with E-state index in [-0.39, 0.29) is 25.9 Å². The van der Waals surface area contributed by atoms with Crippen LogP contribution in [0.15, 0.2) is 72.9 Å². The van der Waals surface area contributed by atoms with Gasteiger partial charge in [0, 0.05) is 19.3 Å². The highest BCUT2D eigenvalue weighted by Gasteiger charge is 2.50. The Hall–Kier alpha value is -3.84. The molecule has 12 heteroatoms. The first-order chi connectivity index (χ1) is 35.6. The molecule has 0 aromatic heterocycles. The van der Waals surface area contributed by atoms with E-state index in [1.807, 2.05) is 0 Å². The Morgan fingerprint density at radius 2 is 0.863 bits per heavy atom. The molecule has 1 rings (SSSR count). The van der Waals surface area contributed by atoms with Crippen molar-refractivity contribution in [2.24, 2.45) is 0 Å². The van der Waals surface area contributed by atoms with Gasteiger partial charge in [-0.15, -0.1) is 0 Å². The van der Waals surface area contributed by atoms with Crippen LogP contribution in [0, 0.1) is 0 Å². The Morgan fingerprint density at radius 1 is 0.466 bits per heavy atom. The van der Waals surface area contributed by atoms with E-state index in [0.29, 0.717) is 19.3 Å². The number of hydrogen-bond acceptors (Lipinski definition) is 11. The number of aliphatic hydroxyl groups excluding tert-OH is 2. The van der Waals surface area contributed by atoms with Crippen LogP contribution >= 0.6 is 0 Å². The third kappa shape index (κ3) is 39.3. The summed E-state index contributed by atoms with van der Waals surface area (Å²) in [7, 11) is 0. The van der Waals surface area contributed by atoms with Gasteiger partial charge in [-0.25, -0.2) is 4.79 Å². The van der Waals surface area contributed by atoms with E-state index < -0.39 is 67.3 Å². The van der Waals surface area contributed by atoms with Crippen LogP contribution in [-0.2, 0) is 42.9 Å². The fourth-order valence-electron chi connectivity index (χ4n) is 8.29. The van der Waals surface area contributed by atoms with Crippen molar-refractivity contribution in [2.75, 3.05) is 13.2 Å². The second-order valence-electron chi connectivity index (χ2n) is 19.5. The average molecular weight is 1030 g/mol. The van der Waals surface area contributed by atoms with E-state index in [1.165, 1.54) is 44.9 Å². The van der Waals surface area contributed by atoms with Crippen LogP contribution in [0.5, 0.6) is 0 Å². The third-order valence-electron chi connectivity index (χ3n) is 12.7. The summed E-state index contributed by atoms with van der Waals surface area (Å²) in [5.74, 6) is -3.17. The van der Waals surface area contributed by atoms with Crippen LogP contribution in [0.1, 0.15) is 239 Å². The molecule has 73 heavy (non-hydrogen) atoms. The number of rotatable bonds is 48. The topological polar surface area (TPSA) is 175 Å². The Balaban J connectivity index is 2.73. The Morgan fingerprint density at radius 3 is 1.36 bits per heavy atom. The van der Waals surface area contributed by atoms with Gasteiger partial charge in [0.25, 0.3) is 0 Å². The largest absolute Gasteiger partial charge is 0.479 e. The minimum atomic E-state index is -1.91. The summed E-state index contributed by atoms with van der Waals surface area (Å²) >= 11 is 0.